The summed E-state index contributed by atoms with van der Waals surface area (Å²) >= 11 is 3.26. The smallest absolute Gasteiger partial charge is 0.111 e. The van der Waals surface area contributed by atoms with Gasteiger partial charge in [-0.3, -0.25) is 4.99 Å². The van der Waals surface area contributed by atoms with E-state index in [-0.39, 0.29) is 0 Å². The van der Waals surface area contributed by atoms with E-state index < -0.39 is 0 Å². The molecule has 0 aromatic heterocycles. The number of rotatable bonds is 0. The van der Waals surface area contributed by atoms with Crippen LogP contribution in [0.15, 0.2) is 31.8 Å². The summed E-state index contributed by atoms with van der Waals surface area (Å²) in [6.45, 7) is 0. The van der Waals surface area contributed by atoms with Crippen molar-refractivity contribution in [2.45, 2.75) is 0 Å². The van der Waals surface area contributed by atoms with Crippen molar-refractivity contribution in [3.63, 3.8) is 0 Å². The Kier molecular flexibility index (Phi) is 5.56. The van der Waals surface area contributed by atoms with Crippen LogP contribution in [0, 0.1) is 0 Å². The summed E-state index contributed by atoms with van der Waals surface area (Å²) in [5, 5.41) is 9.20. The van der Waals surface area contributed by atoms with Gasteiger partial charge in [0.2, 0.25) is 0 Å². The van der Waals surface area contributed by atoms with Crippen LogP contribution in [0.4, 0.5) is 0 Å². The Morgan fingerprint density at radius 3 is 2.33 bits per heavy atom. The number of thioether (sulfide) groups is 2. The second-order valence-electron chi connectivity index (χ2n) is 1.69. The second kappa shape index (κ2) is 7.05. The fourth-order valence-electron chi connectivity index (χ4n) is 0.454. The fraction of sp³-hybridized carbons (Fsp3) is 0.333. The molecule has 0 aliphatic carbocycles. The largest absolute Gasteiger partial charge is 0.262 e. The number of azo groups is 1. The van der Waals surface area contributed by atoms with Crippen LogP contribution >= 0.6 is 23.5 Å². The highest BCUT2D eigenvalue weighted by Gasteiger charge is 1.79. The molecule has 0 aromatic rings. The quantitative estimate of drug-likeness (QED) is 0.602. The topological polar surface area (TPSA) is 49.4 Å². The Morgan fingerprint density at radius 1 is 1.17 bits per heavy atom. The minimum atomic E-state index is 0.788. The minimum absolute atomic E-state index is 0.788. The van der Waals surface area contributed by atoms with E-state index in [1.807, 2.05) is 5.41 Å². The van der Waals surface area contributed by atoms with E-state index in [1.54, 1.807) is 41.6 Å². The highest BCUT2D eigenvalue weighted by molar-refractivity contribution is 8.12. The van der Waals surface area contributed by atoms with Crippen molar-refractivity contribution in [2.75, 3.05) is 11.8 Å². The zero-order valence-electron chi connectivity index (χ0n) is 6.33. The Labute approximate surface area is 79.4 Å². The van der Waals surface area contributed by atoms with Gasteiger partial charge in [0.25, 0.3) is 0 Å². The Bertz CT molecular complexity index is 174. The monoisotopic (exact) mass is 200 g/mol. The molecule has 0 amide bonds. The predicted molar refractivity (Wildman–Crippen MR) is 55.9 cm³/mol. The van der Waals surface area contributed by atoms with Gasteiger partial charge < -0.3 is 0 Å². The van der Waals surface area contributed by atoms with Gasteiger partial charge in [-0.05, 0) is 5.41 Å². The maximum atomic E-state index is 3.82. The standard InChI is InChI=1S/2C3H4N2S/c1-4-2-6-3-5-1;1-2-6-3-5-4-1/h2*1-2H,3H2. The van der Waals surface area contributed by atoms with Gasteiger partial charge in [0.05, 0.1) is 17.6 Å². The zero-order valence-corrected chi connectivity index (χ0v) is 7.96. The lowest BCUT2D eigenvalue weighted by atomic mass is 11.1. The molecule has 0 saturated heterocycles. The van der Waals surface area contributed by atoms with Crippen molar-refractivity contribution in [2.24, 2.45) is 20.2 Å². The van der Waals surface area contributed by atoms with Crippen molar-refractivity contribution >= 4 is 35.4 Å². The first-order valence-electron chi connectivity index (χ1n) is 3.25. The molecule has 0 fully saturated rings. The van der Waals surface area contributed by atoms with Gasteiger partial charge in [0, 0.05) is 0 Å². The van der Waals surface area contributed by atoms with Crippen LogP contribution in [-0.4, -0.2) is 23.6 Å². The lowest BCUT2D eigenvalue weighted by Crippen LogP contribution is -1.79. The number of hydrogen-bond acceptors (Lipinski definition) is 6. The zero-order chi connectivity index (χ0) is 8.49. The molecule has 0 bridgehead atoms. The first kappa shape index (κ1) is 9.47. The third kappa shape index (κ3) is 5.09. The molecule has 12 heavy (non-hydrogen) atoms. The summed E-state index contributed by atoms with van der Waals surface area (Å²) in [4.78, 5) is 7.54. The molecular weight excluding hydrogens is 192 g/mol. The molecule has 0 atom stereocenters. The van der Waals surface area contributed by atoms with Crippen LogP contribution in [0.5, 0.6) is 0 Å². The molecule has 0 radical (unpaired) electrons. The van der Waals surface area contributed by atoms with E-state index in [2.05, 4.69) is 20.2 Å². The molecule has 0 N–H and O–H groups in total. The molecule has 2 heterocycles. The average molecular weight is 200 g/mol. The SMILES string of the molecule is C1=CSCN=N1.C1=NC=NCS1. The van der Waals surface area contributed by atoms with Crippen LogP contribution in [0.2, 0.25) is 0 Å². The lowest BCUT2D eigenvalue weighted by Gasteiger charge is -1.87. The van der Waals surface area contributed by atoms with E-state index in [0.717, 1.165) is 11.8 Å². The molecule has 0 aromatic carbocycles. The second-order valence-corrected chi connectivity index (χ2v) is 3.35. The Morgan fingerprint density at radius 2 is 2.17 bits per heavy atom. The lowest BCUT2D eigenvalue weighted by molar-refractivity contribution is 1.12. The van der Waals surface area contributed by atoms with E-state index in [1.165, 1.54) is 0 Å². The predicted octanol–water partition coefficient (Wildman–Crippen LogP) is 2.36. The van der Waals surface area contributed by atoms with E-state index >= 15 is 0 Å². The van der Waals surface area contributed by atoms with Crippen LogP contribution in [-0.2, 0) is 0 Å². The van der Waals surface area contributed by atoms with Crippen molar-refractivity contribution in [1.82, 2.24) is 0 Å². The molecule has 64 valence electrons. The molecule has 2 rings (SSSR count). The maximum absolute atomic E-state index is 3.82. The molecular formula is C6H8N4S2. The molecule has 0 unspecified atom stereocenters. The normalized spacial score (nSPS) is 18.7. The van der Waals surface area contributed by atoms with Crippen molar-refractivity contribution < 1.29 is 0 Å². The van der Waals surface area contributed by atoms with Crippen molar-refractivity contribution in [3.05, 3.63) is 11.6 Å². The third-order valence-electron chi connectivity index (χ3n) is 0.870. The van der Waals surface area contributed by atoms with Crippen molar-refractivity contribution in [1.29, 1.82) is 0 Å². The number of hydrogen-bond donors (Lipinski definition) is 0. The minimum Gasteiger partial charge on any atom is -0.262 e. The summed E-state index contributed by atoms with van der Waals surface area (Å²) in [6.07, 6.45) is 3.25. The first-order valence-corrected chi connectivity index (χ1v) is 5.34. The van der Waals surface area contributed by atoms with Crippen LogP contribution in [0.3, 0.4) is 0 Å². The van der Waals surface area contributed by atoms with Gasteiger partial charge in [-0.15, -0.1) is 11.8 Å². The summed E-state index contributed by atoms with van der Waals surface area (Å²) in [5.74, 6) is 1.62. The van der Waals surface area contributed by atoms with Crippen LogP contribution in [0.1, 0.15) is 0 Å². The summed E-state index contributed by atoms with van der Waals surface area (Å²) in [7, 11) is 0. The van der Waals surface area contributed by atoms with E-state index in [4.69, 9.17) is 0 Å². The molecule has 0 saturated carbocycles. The van der Waals surface area contributed by atoms with Gasteiger partial charge in [0.1, 0.15) is 12.2 Å². The van der Waals surface area contributed by atoms with Gasteiger partial charge >= 0.3 is 0 Å². The fourth-order valence-corrected chi connectivity index (χ4v) is 1.17. The van der Waals surface area contributed by atoms with Gasteiger partial charge in [0.15, 0.2) is 0 Å². The molecule has 0 spiro atoms. The van der Waals surface area contributed by atoms with E-state index in [0.29, 0.717) is 0 Å². The first-order chi connectivity index (χ1) is 6.00. The van der Waals surface area contributed by atoms with Gasteiger partial charge in [-0.2, -0.15) is 10.2 Å². The summed E-state index contributed by atoms with van der Waals surface area (Å²) in [6, 6.07) is 0. The number of nitrogens with zero attached hydrogens (tertiary/aromatic N) is 4. The highest BCUT2D eigenvalue weighted by atomic mass is 32.2. The maximum Gasteiger partial charge on any atom is 0.111 e. The molecule has 2 aliphatic heterocycles. The Balaban J connectivity index is 0.000000120. The summed E-state index contributed by atoms with van der Waals surface area (Å²) in [5.41, 5.74) is 1.78. The number of aliphatic imine (C=N–C) groups is 2. The van der Waals surface area contributed by atoms with Gasteiger partial charge in [-0.1, -0.05) is 11.8 Å². The molecule has 2 aliphatic rings. The van der Waals surface area contributed by atoms with E-state index in [9.17, 15) is 0 Å². The average Bonchev–Trinajstić information content (AvgIpc) is 2.24. The highest BCUT2D eigenvalue weighted by Crippen LogP contribution is 2.06. The Hall–Kier alpha value is -0.620. The summed E-state index contributed by atoms with van der Waals surface area (Å²) < 4.78 is 0. The van der Waals surface area contributed by atoms with Crippen LogP contribution in [0.25, 0.3) is 0 Å². The van der Waals surface area contributed by atoms with Crippen LogP contribution < -0.4 is 0 Å². The third-order valence-corrected chi connectivity index (χ3v) is 2.02. The molecule has 4 nitrogen and oxygen atoms in total. The molecule has 6 heteroatoms. The van der Waals surface area contributed by atoms with Gasteiger partial charge in [-0.25, -0.2) is 4.99 Å². The van der Waals surface area contributed by atoms with Crippen molar-refractivity contribution in [3.8, 4) is 0 Å².